The average Bonchev–Trinajstić information content (AvgIpc) is 3.34. The number of β-amino-alcohol motifs (C(OH)–C–C–N with tert-alkyl or cyclic N) is 1. The normalized spacial score (nSPS) is 21.6. The molecule has 2 amide bonds. The third kappa shape index (κ3) is 9.36. The Morgan fingerprint density at radius 2 is 1.85 bits per heavy atom. The molecule has 5 atom stereocenters. The first-order valence-corrected chi connectivity index (χ1v) is 16.6. The molecule has 2 aromatic carbocycles. The monoisotopic (exact) mass is 665 g/mol. The smallest absolute Gasteiger partial charge is 0.239 e. The number of carbonyl (C=O) groups is 2. The van der Waals surface area contributed by atoms with E-state index >= 15 is 0 Å². The standard InChI is InChI=1S/C36H45ClFN5O4/c1-36(2,3)41-35(47)31-22-42(20-24-6-5-13-39-19-24)14-15-43(31)21-27(44)17-25(16-23-9-11-26(38)12-10-23)34(46)40-33-28-7-4-8-30(37)29(28)18-32(33)45/h4-13,19,25,27,31-33,44-45H,14-18,20-22H2,1-3H3,(H,40,46)(H,41,47)/t25-,27+,31+,32-,33+/m1/s1. The summed E-state index contributed by atoms with van der Waals surface area (Å²) in [6.45, 7) is 8.39. The van der Waals surface area contributed by atoms with Gasteiger partial charge in [-0.15, -0.1) is 0 Å². The van der Waals surface area contributed by atoms with Crippen molar-refractivity contribution in [2.24, 2.45) is 5.92 Å². The molecule has 252 valence electrons. The highest BCUT2D eigenvalue weighted by Gasteiger charge is 2.37. The van der Waals surface area contributed by atoms with Gasteiger partial charge in [0.15, 0.2) is 0 Å². The van der Waals surface area contributed by atoms with E-state index in [4.69, 9.17) is 11.6 Å². The van der Waals surface area contributed by atoms with Gasteiger partial charge in [-0.05, 0) is 80.1 Å². The molecule has 3 aromatic rings. The summed E-state index contributed by atoms with van der Waals surface area (Å²) in [5.41, 5.74) is 2.96. The zero-order chi connectivity index (χ0) is 33.7. The van der Waals surface area contributed by atoms with Gasteiger partial charge in [-0.2, -0.15) is 0 Å². The number of halogens is 2. The molecule has 4 N–H and O–H groups in total. The molecule has 2 aliphatic rings. The number of carbonyl (C=O) groups excluding carboxylic acids is 2. The van der Waals surface area contributed by atoms with E-state index in [1.54, 1.807) is 30.5 Å². The highest BCUT2D eigenvalue weighted by Crippen LogP contribution is 2.36. The van der Waals surface area contributed by atoms with E-state index < -0.39 is 35.7 Å². The quantitative estimate of drug-likeness (QED) is 0.247. The number of rotatable bonds is 11. The Morgan fingerprint density at radius 1 is 1.09 bits per heavy atom. The van der Waals surface area contributed by atoms with E-state index in [2.05, 4.69) is 20.5 Å². The van der Waals surface area contributed by atoms with E-state index in [1.807, 2.05) is 50.1 Å². The van der Waals surface area contributed by atoms with Crippen molar-refractivity contribution in [2.45, 2.75) is 76.4 Å². The van der Waals surface area contributed by atoms with Gasteiger partial charge in [0, 0.05) is 68.0 Å². The third-order valence-corrected chi connectivity index (χ3v) is 9.21. The van der Waals surface area contributed by atoms with Crippen LogP contribution in [0.4, 0.5) is 4.39 Å². The van der Waals surface area contributed by atoms with Gasteiger partial charge in [-0.1, -0.05) is 41.9 Å². The summed E-state index contributed by atoms with van der Waals surface area (Å²) in [7, 11) is 0. The highest BCUT2D eigenvalue weighted by atomic mass is 35.5. The summed E-state index contributed by atoms with van der Waals surface area (Å²) in [5, 5.41) is 29.0. The van der Waals surface area contributed by atoms with Gasteiger partial charge in [-0.3, -0.25) is 24.4 Å². The number of hydrogen-bond acceptors (Lipinski definition) is 7. The van der Waals surface area contributed by atoms with Crippen LogP contribution in [0, 0.1) is 11.7 Å². The van der Waals surface area contributed by atoms with Gasteiger partial charge in [0.2, 0.25) is 11.8 Å². The van der Waals surface area contributed by atoms with Crippen LogP contribution in [0.25, 0.3) is 0 Å². The second-order valence-corrected chi connectivity index (χ2v) is 14.2. The maximum absolute atomic E-state index is 13.9. The lowest BCUT2D eigenvalue weighted by atomic mass is 9.91. The maximum Gasteiger partial charge on any atom is 0.239 e. The molecule has 9 nitrogen and oxygen atoms in total. The Labute approximate surface area is 281 Å². The van der Waals surface area contributed by atoms with Crippen LogP contribution in [0.2, 0.25) is 5.02 Å². The van der Waals surface area contributed by atoms with Crippen LogP contribution >= 0.6 is 11.6 Å². The van der Waals surface area contributed by atoms with Crippen molar-refractivity contribution in [1.82, 2.24) is 25.4 Å². The number of pyridine rings is 1. The Morgan fingerprint density at radius 3 is 2.55 bits per heavy atom. The highest BCUT2D eigenvalue weighted by molar-refractivity contribution is 6.31. The van der Waals surface area contributed by atoms with Crippen LogP contribution in [0.1, 0.15) is 55.5 Å². The number of hydrogen-bond donors (Lipinski definition) is 4. The van der Waals surface area contributed by atoms with E-state index in [0.717, 1.165) is 22.3 Å². The Balaban J connectivity index is 1.31. The fourth-order valence-electron chi connectivity index (χ4n) is 6.61. The predicted molar refractivity (Wildman–Crippen MR) is 179 cm³/mol. The lowest BCUT2D eigenvalue weighted by Crippen LogP contribution is -2.61. The van der Waals surface area contributed by atoms with Gasteiger partial charge >= 0.3 is 0 Å². The van der Waals surface area contributed by atoms with E-state index in [1.165, 1.54) is 12.1 Å². The van der Waals surface area contributed by atoms with Crippen molar-refractivity contribution in [2.75, 3.05) is 26.2 Å². The van der Waals surface area contributed by atoms with Crippen molar-refractivity contribution in [3.63, 3.8) is 0 Å². The number of nitrogens with one attached hydrogen (secondary N) is 2. The van der Waals surface area contributed by atoms with E-state index in [9.17, 15) is 24.2 Å². The number of piperazine rings is 1. The largest absolute Gasteiger partial charge is 0.392 e. The van der Waals surface area contributed by atoms with E-state index in [-0.39, 0.29) is 37.0 Å². The molecule has 1 aliphatic carbocycles. The van der Waals surface area contributed by atoms with Crippen LogP contribution in [0.5, 0.6) is 0 Å². The zero-order valence-electron chi connectivity index (χ0n) is 27.2. The molecular formula is C36H45ClFN5O4. The number of aromatic nitrogens is 1. The lowest BCUT2D eigenvalue weighted by Gasteiger charge is -2.42. The SMILES string of the molecule is CC(C)(C)NC(=O)[C@@H]1CN(Cc2cccnc2)CCN1C[C@@H](O)C[C@@H](Cc1ccc(F)cc1)C(=O)N[C@H]1c2cccc(Cl)c2C[C@H]1O. The van der Waals surface area contributed by atoms with Gasteiger partial charge in [0.25, 0.3) is 0 Å². The van der Waals surface area contributed by atoms with Crippen LogP contribution in [0.3, 0.4) is 0 Å². The second-order valence-electron chi connectivity index (χ2n) is 13.8. The molecule has 47 heavy (non-hydrogen) atoms. The summed E-state index contributed by atoms with van der Waals surface area (Å²) in [5.74, 6) is -1.50. The molecule has 0 radical (unpaired) electrons. The molecular weight excluding hydrogens is 621 g/mol. The Bertz CT molecular complexity index is 1520. The van der Waals surface area contributed by atoms with Crippen LogP contribution in [-0.4, -0.2) is 86.8 Å². The molecule has 0 saturated carbocycles. The molecule has 1 saturated heterocycles. The van der Waals surface area contributed by atoms with E-state index in [0.29, 0.717) is 37.6 Å². The average molecular weight is 666 g/mol. The molecule has 0 bridgehead atoms. The zero-order valence-corrected chi connectivity index (χ0v) is 28.0. The molecule has 1 aliphatic heterocycles. The summed E-state index contributed by atoms with van der Waals surface area (Å²) in [6, 6.07) is 14.1. The Kier molecular flexibility index (Phi) is 11.3. The maximum atomic E-state index is 13.9. The fourth-order valence-corrected chi connectivity index (χ4v) is 6.87. The Hall–Kier alpha value is -3.41. The molecule has 5 rings (SSSR count). The van der Waals surface area contributed by atoms with Gasteiger partial charge < -0.3 is 20.8 Å². The molecule has 1 aromatic heterocycles. The molecule has 0 spiro atoms. The number of amides is 2. The van der Waals surface area contributed by atoms with Crippen LogP contribution in [-0.2, 0) is 29.0 Å². The number of benzene rings is 2. The fraction of sp³-hybridized carbons (Fsp3) is 0.472. The minimum atomic E-state index is -0.934. The minimum Gasteiger partial charge on any atom is -0.392 e. The first kappa shape index (κ1) is 34.9. The molecule has 11 heteroatoms. The van der Waals surface area contributed by atoms with Gasteiger partial charge in [0.05, 0.1) is 18.2 Å². The van der Waals surface area contributed by atoms with Crippen LogP contribution in [0.15, 0.2) is 67.0 Å². The second kappa shape index (κ2) is 15.2. The predicted octanol–water partition coefficient (Wildman–Crippen LogP) is 3.66. The van der Waals surface area contributed by atoms with Crippen molar-refractivity contribution in [3.05, 3.63) is 100 Å². The lowest BCUT2D eigenvalue weighted by molar-refractivity contribution is -0.132. The first-order valence-electron chi connectivity index (χ1n) is 16.2. The van der Waals surface area contributed by atoms with Gasteiger partial charge in [-0.25, -0.2) is 4.39 Å². The molecule has 0 unspecified atom stereocenters. The van der Waals surface area contributed by atoms with Crippen molar-refractivity contribution < 1.29 is 24.2 Å². The van der Waals surface area contributed by atoms with Crippen molar-refractivity contribution >= 4 is 23.4 Å². The third-order valence-electron chi connectivity index (χ3n) is 8.86. The number of aliphatic hydroxyl groups is 2. The van der Waals surface area contributed by atoms with Crippen LogP contribution < -0.4 is 10.6 Å². The van der Waals surface area contributed by atoms with Gasteiger partial charge in [0.1, 0.15) is 11.9 Å². The molecule has 1 fully saturated rings. The molecule has 2 heterocycles. The summed E-state index contributed by atoms with van der Waals surface area (Å²) < 4.78 is 13.7. The van der Waals surface area contributed by atoms with Crippen molar-refractivity contribution in [3.8, 4) is 0 Å². The number of nitrogens with zero attached hydrogens (tertiary/aromatic N) is 3. The number of fused-ring (bicyclic) bond motifs is 1. The van der Waals surface area contributed by atoms with Crippen molar-refractivity contribution in [1.29, 1.82) is 0 Å². The summed E-state index contributed by atoms with van der Waals surface area (Å²) >= 11 is 6.37. The topological polar surface area (TPSA) is 118 Å². The summed E-state index contributed by atoms with van der Waals surface area (Å²) in [4.78, 5) is 35.8. The summed E-state index contributed by atoms with van der Waals surface area (Å²) in [6.07, 6.45) is 2.49. The number of aliphatic hydroxyl groups excluding tert-OH is 2. The first-order chi connectivity index (χ1) is 22.4. The minimum absolute atomic E-state index is 0.109.